The topological polar surface area (TPSA) is 66.6 Å². The molecule has 144 valence electrons. The molecular weight excluding hydrogens is 350 g/mol. The van der Waals surface area contributed by atoms with E-state index in [2.05, 4.69) is 6.92 Å². The van der Waals surface area contributed by atoms with E-state index in [4.69, 9.17) is 5.73 Å². The van der Waals surface area contributed by atoms with E-state index in [0.717, 1.165) is 37.9 Å². The molecule has 0 aliphatic carbocycles. The van der Waals surface area contributed by atoms with E-state index in [9.17, 15) is 9.59 Å². The van der Waals surface area contributed by atoms with Gasteiger partial charge in [-0.2, -0.15) is 0 Å². The highest BCUT2D eigenvalue weighted by molar-refractivity contribution is 5.96. The molecule has 6 heteroatoms. The molecule has 2 aliphatic heterocycles. The number of nitrogen functional groups attached to an aromatic ring is 1. The summed E-state index contributed by atoms with van der Waals surface area (Å²) < 4.78 is 0. The highest BCUT2D eigenvalue weighted by atomic mass is 35.5. The summed E-state index contributed by atoms with van der Waals surface area (Å²) in [6.07, 6.45) is 3.85. The number of amides is 2. The van der Waals surface area contributed by atoms with Gasteiger partial charge in [0, 0.05) is 43.3 Å². The summed E-state index contributed by atoms with van der Waals surface area (Å²) in [5.74, 6) is 0.989. The lowest BCUT2D eigenvalue weighted by atomic mass is 9.92. The van der Waals surface area contributed by atoms with Crippen molar-refractivity contribution in [2.45, 2.75) is 39.5 Å². The second-order valence-corrected chi connectivity index (χ2v) is 7.67. The van der Waals surface area contributed by atoms with Gasteiger partial charge in [0.05, 0.1) is 0 Å². The van der Waals surface area contributed by atoms with Crippen LogP contribution in [0.4, 0.5) is 5.69 Å². The first-order chi connectivity index (χ1) is 12.0. The maximum Gasteiger partial charge on any atom is 0.254 e. The molecule has 1 aromatic carbocycles. The van der Waals surface area contributed by atoms with Crippen molar-refractivity contribution in [2.24, 2.45) is 11.8 Å². The largest absolute Gasteiger partial charge is 0.399 e. The van der Waals surface area contributed by atoms with Crippen molar-refractivity contribution in [3.8, 4) is 0 Å². The zero-order chi connectivity index (χ0) is 18.0. The van der Waals surface area contributed by atoms with Crippen LogP contribution in [-0.2, 0) is 4.79 Å². The molecule has 2 heterocycles. The fourth-order valence-electron chi connectivity index (χ4n) is 4.02. The van der Waals surface area contributed by atoms with E-state index in [1.807, 2.05) is 28.9 Å². The normalized spacial score (nSPS) is 21.2. The molecule has 2 fully saturated rings. The smallest absolute Gasteiger partial charge is 0.254 e. The quantitative estimate of drug-likeness (QED) is 0.803. The van der Waals surface area contributed by atoms with Crippen LogP contribution in [0.2, 0.25) is 0 Å². The van der Waals surface area contributed by atoms with Gasteiger partial charge in [0.1, 0.15) is 0 Å². The minimum absolute atomic E-state index is 0. The van der Waals surface area contributed by atoms with Gasteiger partial charge in [-0.3, -0.25) is 9.59 Å². The first-order valence-electron chi connectivity index (χ1n) is 9.40. The standard InChI is InChI=1S/C20H29N3O2.ClH/c1-14-4-3-9-23(13-14)19(24)16-7-10-22(11-8-16)20(25)18-12-17(21)6-5-15(18)2;/h5-6,12,14,16H,3-4,7-11,13,21H2,1-2H3;1H. The molecule has 0 saturated carbocycles. The van der Waals surface area contributed by atoms with Crippen molar-refractivity contribution < 1.29 is 9.59 Å². The predicted molar refractivity (Wildman–Crippen MR) is 106 cm³/mol. The van der Waals surface area contributed by atoms with Gasteiger partial charge < -0.3 is 15.5 Å². The number of rotatable bonds is 2. The Labute approximate surface area is 162 Å². The Morgan fingerprint density at radius 3 is 2.42 bits per heavy atom. The number of hydrogen-bond donors (Lipinski definition) is 1. The molecule has 26 heavy (non-hydrogen) atoms. The average Bonchev–Trinajstić information content (AvgIpc) is 2.62. The SMILES string of the molecule is Cc1ccc(N)cc1C(=O)N1CCC(C(=O)N2CCCC(C)C2)CC1.Cl. The monoisotopic (exact) mass is 379 g/mol. The molecule has 5 nitrogen and oxygen atoms in total. The maximum atomic E-state index is 12.8. The first kappa shape index (κ1) is 20.6. The number of nitrogens with two attached hydrogens (primary N) is 1. The summed E-state index contributed by atoms with van der Waals surface area (Å²) in [7, 11) is 0. The minimum atomic E-state index is 0. The molecule has 1 aromatic rings. The van der Waals surface area contributed by atoms with Crippen LogP contribution in [-0.4, -0.2) is 47.8 Å². The number of anilines is 1. The second kappa shape index (κ2) is 8.76. The number of benzene rings is 1. The Kier molecular flexibility index (Phi) is 6.93. The molecule has 2 saturated heterocycles. The summed E-state index contributed by atoms with van der Waals surface area (Å²) in [5, 5.41) is 0. The van der Waals surface area contributed by atoms with Gasteiger partial charge >= 0.3 is 0 Å². The number of nitrogens with zero attached hydrogens (tertiary/aromatic N) is 2. The van der Waals surface area contributed by atoms with Crippen molar-refractivity contribution in [2.75, 3.05) is 31.9 Å². The Morgan fingerprint density at radius 1 is 1.08 bits per heavy atom. The predicted octanol–water partition coefficient (Wildman–Crippen LogP) is 3.11. The van der Waals surface area contributed by atoms with E-state index < -0.39 is 0 Å². The number of halogens is 1. The zero-order valence-corrected chi connectivity index (χ0v) is 16.6. The van der Waals surface area contributed by atoms with Gasteiger partial charge in [-0.25, -0.2) is 0 Å². The van der Waals surface area contributed by atoms with E-state index in [0.29, 0.717) is 36.2 Å². The summed E-state index contributed by atoms with van der Waals surface area (Å²) in [6, 6.07) is 5.46. The van der Waals surface area contributed by atoms with Crippen molar-refractivity contribution in [3.05, 3.63) is 29.3 Å². The third-order valence-electron chi connectivity index (χ3n) is 5.59. The van der Waals surface area contributed by atoms with Crippen LogP contribution in [0.5, 0.6) is 0 Å². The highest BCUT2D eigenvalue weighted by Gasteiger charge is 2.32. The van der Waals surface area contributed by atoms with E-state index in [-0.39, 0.29) is 24.2 Å². The number of carbonyl (C=O) groups is 2. The molecule has 2 N–H and O–H groups in total. The lowest BCUT2D eigenvalue weighted by Gasteiger charge is -2.37. The van der Waals surface area contributed by atoms with Crippen LogP contribution < -0.4 is 5.73 Å². The van der Waals surface area contributed by atoms with Crippen molar-refractivity contribution >= 4 is 29.9 Å². The Balaban J connectivity index is 0.00000243. The molecule has 1 atom stereocenters. The van der Waals surface area contributed by atoms with Crippen LogP contribution in [0.3, 0.4) is 0 Å². The van der Waals surface area contributed by atoms with Gasteiger partial charge in [0.15, 0.2) is 0 Å². The number of piperidine rings is 2. The minimum Gasteiger partial charge on any atom is -0.399 e. The molecule has 0 aromatic heterocycles. The van der Waals surface area contributed by atoms with Crippen LogP contribution in [0.25, 0.3) is 0 Å². The van der Waals surface area contributed by atoms with E-state index >= 15 is 0 Å². The molecule has 1 unspecified atom stereocenters. The second-order valence-electron chi connectivity index (χ2n) is 7.67. The van der Waals surface area contributed by atoms with Gasteiger partial charge in [-0.1, -0.05) is 13.0 Å². The lowest BCUT2D eigenvalue weighted by molar-refractivity contribution is -0.138. The van der Waals surface area contributed by atoms with Crippen molar-refractivity contribution in [3.63, 3.8) is 0 Å². The third kappa shape index (κ3) is 4.50. The highest BCUT2D eigenvalue weighted by Crippen LogP contribution is 2.25. The molecule has 2 aliphatic rings. The fraction of sp³-hybridized carbons (Fsp3) is 0.600. The van der Waals surface area contributed by atoms with E-state index in [1.54, 1.807) is 6.07 Å². The van der Waals surface area contributed by atoms with Gasteiger partial charge in [-0.05, 0) is 56.2 Å². The Bertz CT molecular complexity index is 656. The number of carbonyl (C=O) groups excluding carboxylic acids is 2. The van der Waals surface area contributed by atoms with Crippen LogP contribution >= 0.6 is 12.4 Å². The first-order valence-corrected chi connectivity index (χ1v) is 9.40. The molecule has 0 spiro atoms. The van der Waals surface area contributed by atoms with Crippen LogP contribution in [0.1, 0.15) is 48.5 Å². The summed E-state index contributed by atoms with van der Waals surface area (Å²) >= 11 is 0. The summed E-state index contributed by atoms with van der Waals surface area (Å²) in [6.45, 7) is 7.22. The van der Waals surface area contributed by atoms with Crippen LogP contribution in [0, 0.1) is 18.8 Å². The maximum absolute atomic E-state index is 12.8. The number of hydrogen-bond acceptors (Lipinski definition) is 3. The van der Waals surface area contributed by atoms with Gasteiger partial charge in [0.25, 0.3) is 5.91 Å². The zero-order valence-electron chi connectivity index (χ0n) is 15.7. The van der Waals surface area contributed by atoms with Gasteiger partial charge in [0.2, 0.25) is 5.91 Å². The van der Waals surface area contributed by atoms with Gasteiger partial charge in [-0.15, -0.1) is 12.4 Å². The van der Waals surface area contributed by atoms with Crippen molar-refractivity contribution in [1.82, 2.24) is 9.80 Å². The van der Waals surface area contributed by atoms with E-state index in [1.165, 1.54) is 6.42 Å². The van der Waals surface area contributed by atoms with Crippen molar-refractivity contribution in [1.29, 1.82) is 0 Å². The number of aryl methyl sites for hydroxylation is 1. The Hall–Kier alpha value is -1.75. The molecule has 0 radical (unpaired) electrons. The molecule has 0 bridgehead atoms. The fourth-order valence-corrected chi connectivity index (χ4v) is 4.02. The summed E-state index contributed by atoms with van der Waals surface area (Å²) in [5.41, 5.74) is 8.06. The number of likely N-dealkylation sites (tertiary alicyclic amines) is 2. The molecule has 3 rings (SSSR count). The summed E-state index contributed by atoms with van der Waals surface area (Å²) in [4.78, 5) is 29.4. The lowest BCUT2D eigenvalue weighted by Crippen LogP contribution is -2.47. The Morgan fingerprint density at radius 2 is 1.77 bits per heavy atom. The molecular formula is C20H30ClN3O2. The molecule has 2 amide bonds. The average molecular weight is 380 g/mol. The van der Waals surface area contributed by atoms with Crippen LogP contribution in [0.15, 0.2) is 18.2 Å². The third-order valence-corrected chi connectivity index (χ3v) is 5.59.